The summed E-state index contributed by atoms with van der Waals surface area (Å²) in [6, 6.07) is 0. The number of thiophene rings is 1. The Kier molecular flexibility index (Phi) is 6.39. The lowest BCUT2D eigenvalue weighted by atomic mass is 9.97. The molecule has 0 atom stereocenters. The summed E-state index contributed by atoms with van der Waals surface area (Å²) in [7, 11) is 0. The highest BCUT2D eigenvalue weighted by Crippen LogP contribution is 2.34. The molecule has 2 aromatic heterocycles. The van der Waals surface area contributed by atoms with Crippen LogP contribution in [0.3, 0.4) is 0 Å². The van der Waals surface area contributed by atoms with Crippen molar-refractivity contribution in [2.45, 2.75) is 58.9 Å². The molecular weight excluding hydrogens is 402 g/mol. The van der Waals surface area contributed by atoms with Gasteiger partial charge in [0, 0.05) is 44.1 Å². The highest BCUT2D eigenvalue weighted by Gasteiger charge is 2.26. The minimum absolute atomic E-state index is 0.170. The standard InChI is InChI=1S/C21H31N5OS2/c1-3-5-10-26-19(27)17-15-8-6-7-9-16(15)29-18(17)23-20(26)24-11-13-25(14-12-24)21(28)22-4-2/h3-14H2,1-2H3,(H,22,28). The number of thiocarbonyl (C=S) groups is 1. The lowest BCUT2D eigenvalue weighted by Crippen LogP contribution is -2.52. The van der Waals surface area contributed by atoms with Crippen LogP contribution in [0.15, 0.2) is 4.79 Å². The first-order valence-corrected chi connectivity index (χ1v) is 12.2. The molecule has 1 saturated heterocycles. The molecule has 29 heavy (non-hydrogen) atoms. The van der Waals surface area contributed by atoms with Gasteiger partial charge in [-0.2, -0.15) is 0 Å². The maximum Gasteiger partial charge on any atom is 0.263 e. The summed E-state index contributed by atoms with van der Waals surface area (Å²) in [5.41, 5.74) is 1.45. The summed E-state index contributed by atoms with van der Waals surface area (Å²) >= 11 is 7.22. The molecule has 2 aromatic rings. The Hall–Kier alpha value is -1.67. The van der Waals surface area contributed by atoms with Crippen LogP contribution in [-0.4, -0.2) is 52.3 Å². The van der Waals surface area contributed by atoms with Crippen molar-refractivity contribution in [2.75, 3.05) is 37.6 Å². The molecule has 2 aliphatic rings. The van der Waals surface area contributed by atoms with Crippen LogP contribution >= 0.6 is 23.6 Å². The van der Waals surface area contributed by atoms with Crippen LogP contribution in [0.1, 0.15) is 50.0 Å². The SMILES string of the molecule is CCCCn1c(N2CCN(C(=S)NCC)CC2)nc2sc3c(c2c1=O)CCCC3. The van der Waals surface area contributed by atoms with Crippen LogP contribution in [0.4, 0.5) is 5.95 Å². The molecule has 1 fully saturated rings. The third-order valence-electron chi connectivity index (χ3n) is 5.97. The molecular formula is C21H31N5OS2. The van der Waals surface area contributed by atoms with E-state index in [0.29, 0.717) is 0 Å². The smallest absolute Gasteiger partial charge is 0.263 e. The van der Waals surface area contributed by atoms with E-state index >= 15 is 0 Å². The van der Waals surface area contributed by atoms with Crippen molar-refractivity contribution in [3.05, 3.63) is 20.8 Å². The molecule has 0 spiro atoms. The van der Waals surface area contributed by atoms with Crippen molar-refractivity contribution in [1.82, 2.24) is 19.8 Å². The van der Waals surface area contributed by atoms with Gasteiger partial charge in [0.25, 0.3) is 5.56 Å². The van der Waals surface area contributed by atoms with Crippen LogP contribution < -0.4 is 15.8 Å². The number of hydrogen-bond donors (Lipinski definition) is 1. The largest absolute Gasteiger partial charge is 0.363 e. The van der Waals surface area contributed by atoms with Gasteiger partial charge in [-0.05, 0) is 56.8 Å². The third kappa shape index (κ3) is 4.01. The topological polar surface area (TPSA) is 53.4 Å². The number of anilines is 1. The Morgan fingerprint density at radius 2 is 1.93 bits per heavy atom. The molecule has 4 rings (SSSR count). The number of aryl methyl sites for hydroxylation is 2. The molecule has 0 bridgehead atoms. The van der Waals surface area contributed by atoms with Crippen LogP contribution in [-0.2, 0) is 19.4 Å². The van der Waals surface area contributed by atoms with Crippen molar-refractivity contribution < 1.29 is 0 Å². The fraction of sp³-hybridized carbons (Fsp3) is 0.667. The number of hydrogen-bond acceptors (Lipinski definition) is 5. The van der Waals surface area contributed by atoms with E-state index in [1.165, 1.54) is 23.3 Å². The molecule has 0 unspecified atom stereocenters. The molecule has 8 heteroatoms. The number of aromatic nitrogens is 2. The predicted molar refractivity (Wildman–Crippen MR) is 125 cm³/mol. The maximum absolute atomic E-state index is 13.6. The normalized spacial score (nSPS) is 16.9. The molecule has 158 valence electrons. The van der Waals surface area contributed by atoms with Gasteiger partial charge in [0.15, 0.2) is 5.11 Å². The first-order chi connectivity index (χ1) is 14.1. The quantitative estimate of drug-likeness (QED) is 0.731. The minimum atomic E-state index is 0.170. The van der Waals surface area contributed by atoms with Gasteiger partial charge >= 0.3 is 0 Å². The van der Waals surface area contributed by atoms with Crippen molar-refractivity contribution in [1.29, 1.82) is 0 Å². The van der Waals surface area contributed by atoms with Gasteiger partial charge in [0.05, 0.1) is 5.39 Å². The van der Waals surface area contributed by atoms with Crippen molar-refractivity contribution in [3.8, 4) is 0 Å². The minimum Gasteiger partial charge on any atom is -0.363 e. The van der Waals surface area contributed by atoms with E-state index in [1.54, 1.807) is 11.3 Å². The second kappa shape index (κ2) is 9.00. The number of rotatable bonds is 5. The number of fused-ring (bicyclic) bond motifs is 3. The molecule has 0 radical (unpaired) electrons. The highest BCUT2D eigenvalue weighted by molar-refractivity contribution is 7.80. The van der Waals surface area contributed by atoms with Crippen LogP contribution in [0, 0.1) is 0 Å². The second-order valence-electron chi connectivity index (χ2n) is 7.92. The summed E-state index contributed by atoms with van der Waals surface area (Å²) in [5.74, 6) is 0.851. The highest BCUT2D eigenvalue weighted by atomic mass is 32.1. The second-order valence-corrected chi connectivity index (χ2v) is 9.39. The van der Waals surface area contributed by atoms with E-state index in [-0.39, 0.29) is 5.56 Å². The number of piperazine rings is 1. The van der Waals surface area contributed by atoms with Crippen molar-refractivity contribution in [2.24, 2.45) is 0 Å². The first-order valence-electron chi connectivity index (χ1n) is 11.0. The Morgan fingerprint density at radius 3 is 2.66 bits per heavy atom. The van der Waals surface area contributed by atoms with Gasteiger partial charge < -0.3 is 15.1 Å². The molecule has 1 aliphatic carbocycles. The van der Waals surface area contributed by atoms with Crippen LogP contribution in [0.5, 0.6) is 0 Å². The first kappa shape index (κ1) is 20.6. The summed E-state index contributed by atoms with van der Waals surface area (Å²) in [5, 5.41) is 4.96. The van der Waals surface area contributed by atoms with E-state index in [2.05, 4.69) is 29.0 Å². The fourth-order valence-electron chi connectivity index (χ4n) is 4.36. The average molecular weight is 434 g/mol. The molecule has 1 N–H and O–H groups in total. The summed E-state index contributed by atoms with van der Waals surface area (Å²) in [6.45, 7) is 9.20. The molecule has 3 heterocycles. The van der Waals surface area contributed by atoms with Gasteiger partial charge in [0.2, 0.25) is 5.95 Å². The Morgan fingerprint density at radius 1 is 1.17 bits per heavy atom. The van der Waals surface area contributed by atoms with E-state index in [9.17, 15) is 4.79 Å². The number of unbranched alkanes of at least 4 members (excludes halogenated alkanes) is 1. The van der Waals surface area contributed by atoms with E-state index in [4.69, 9.17) is 17.2 Å². The lowest BCUT2D eigenvalue weighted by Gasteiger charge is -2.37. The van der Waals surface area contributed by atoms with Crippen LogP contribution in [0.25, 0.3) is 10.2 Å². The zero-order valence-electron chi connectivity index (χ0n) is 17.5. The Labute approximate surface area is 181 Å². The zero-order chi connectivity index (χ0) is 20.4. The van der Waals surface area contributed by atoms with E-state index < -0.39 is 0 Å². The van der Waals surface area contributed by atoms with Crippen LogP contribution in [0.2, 0.25) is 0 Å². The van der Waals surface area contributed by atoms with Crippen molar-refractivity contribution in [3.63, 3.8) is 0 Å². The Bertz CT molecular complexity index is 943. The van der Waals surface area contributed by atoms with Gasteiger partial charge in [0.1, 0.15) is 4.83 Å². The zero-order valence-corrected chi connectivity index (χ0v) is 19.1. The van der Waals surface area contributed by atoms with E-state index in [0.717, 1.165) is 86.2 Å². The fourth-order valence-corrected chi connectivity index (χ4v) is 5.93. The molecule has 6 nitrogen and oxygen atoms in total. The molecule has 1 aliphatic heterocycles. The summed E-state index contributed by atoms with van der Waals surface area (Å²) in [6.07, 6.45) is 6.60. The maximum atomic E-state index is 13.6. The predicted octanol–water partition coefficient (Wildman–Crippen LogP) is 3.15. The summed E-state index contributed by atoms with van der Waals surface area (Å²) in [4.78, 5) is 25.4. The molecule has 0 saturated carbocycles. The Balaban J connectivity index is 1.68. The average Bonchev–Trinajstić information content (AvgIpc) is 3.12. The lowest BCUT2D eigenvalue weighted by molar-refractivity contribution is 0.375. The molecule has 0 aromatic carbocycles. The van der Waals surface area contributed by atoms with Crippen molar-refractivity contribution >= 4 is 44.8 Å². The van der Waals surface area contributed by atoms with Gasteiger partial charge in [-0.3, -0.25) is 9.36 Å². The van der Waals surface area contributed by atoms with Gasteiger partial charge in [-0.25, -0.2) is 4.98 Å². The monoisotopic (exact) mass is 433 g/mol. The van der Waals surface area contributed by atoms with Gasteiger partial charge in [-0.1, -0.05) is 13.3 Å². The molecule has 0 amide bonds. The van der Waals surface area contributed by atoms with Gasteiger partial charge in [-0.15, -0.1) is 11.3 Å². The number of nitrogens with one attached hydrogen (secondary N) is 1. The number of nitrogens with zero attached hydrogens (tertiary/aromatic N) is 4. The summed E-state index contributed by atoms with van der Waals surface area (Å²) < 4.78 is 1.95. The van der Waals surface area contributed by atoms with E-state index in [1.807, 2.05) is 4.57 Å². The third-order valence-corrected chi connectivity index (χ3v) is 7.56.